The van der Waals surface area contributed by atoms with Gasteiger partial charge in [0.1, 0.15) is 18.0 Å². The van der Waals surface area contributed by atoms with Gasteiger partial charge in [0, 0.05) is 13.1 Å². The van der Waals surface area contributed by atoms with E-state index in [2.05, 4.69) is 5.32 Å². The van der Waals surface area contributed by atoms with E-state index in [1.54, 1.807) is 37.8 Å². The van der Waals surface area contributed by atoms with Gasteiger partial charge in [0.15, 0.2) is 0 Å². The summed E-state index contributed by atoms with van der Waals surface area (Å²) >= 11 is 0. The molecule has 0 aliphatic carbocycles. The Morgan fingerprint density at radius 2 is 1.83 bits per heavy atom. The van der Waals surface area contributed by atoms with Crippen LogP contribution in [0, 0.1) is 5.82 Å². The van der Waals surface area contributed by atoms with Crippen LogP contribution in [0.15, 0.2) is 24.3 Å². The fraction of sp³-hybridized carbons (Fsp3) is 0.529. The molecule has 0 spiro atoms. The Kier molecular flexibility index (Phi) is 7.00. The lowest BCUT2D eigenvalue weighted by molar-refractivity contribution is -0.130. The highest BCUT2D eigenvalue weighted by Gasteiger charge is 2.18. The smallest absolute Gasteiger partial charge is 0.408 e. The normalized spacial score (nSPS) is 11.0. The monoisotopic (exact) mass is 324 g/mol. The van der Waals surface area contributed by atoms with Crippen molar-refractivity contribution in [2.24, 2.45) is 0 Å². The number of nitrogens with one attached hydrogen (secondary N) is 1. The zero-order valence-electron chi connectivity index (χ0n) is 14.2. The summed E-state index contributed by atoms with van der Waals surface area (Å²) in [7, 11) is 0. The van der Waals surface area contributed by atoms with Crippen LogP contribution in [0.25, 0.3) is 0 Å². The van der Waals surface area contributed by atoms with Crippen molar-refractivity contribution < 1.29 is 18.7 Å². The molecule has 0 bridgehead atoms. The summed E-state index contributed by atoms with van der Waals surface area (Å²) < 4.78 is 17.9. The van der Waals surface area contributed by atoms with Gasteiger partial charge >= 0.3 is 6.09 Å². The first-order valence-corrected chi connectivity index (χ1v) is 7.70. The van der Waals surface area contributed by atoms with Crippen LogP contribution in [0.5, 0.6) is 0 Å². The first-order chi connectivity index (χ1) is 10.7. The van der Waals surface area contributed by atoms with Crippen molar-refractivity contribution in [1.82, 2.24) is 10.2 Å². The van der Waals surface area contributed by atoms with E-state index in [0.29, 0.717) is 19.5 Å². The fourth-order valence-electron chi connectivity index (χ4n) is 1.95. The predicted molar refractivity (Wildman–Crippen MR) is 86.6 cm³/mol. The van der Waals surface area contributed by atoms with Crippen LogP contribution in [0.3, 0.4) is 0 Å². The molecule has 0 heterocycles. The summed E-state index contributed by atoms with van der Waals surface area (Å²) in [4.78, 5) is 25.3. The van der Waals surface area contributed by atoms with Crippen LogP contribution >= 0.6 is 0 Å². The molecular formula is C17H25FN2O3. The Balaban J connectivity index is 2.42. The Labute approximate surface area is 136 Å². The minimum atomic E-state index is -0.611. The topological polar surface area (TPSA) is 58.6 Å². The number of rotatable bonds is 6. The third-order valence-electron chi connectivity index (χ3n) is 3.10. The standard InChI is InChI=1S/C17H25FN2O3/c1-5-20(11-10-13-6-8-14(18)9-7-13)15(21)12-19-16(22)23-17(2,3)4/h6-9H,5,10-12H2,1-4H3,(H,19,22). The number of carbonyl (C=O) groups excluding carboxylic acids is 2. The number of hydrogen-bond donors (Lipinski definition) is 1. The van der Waals surface area contributed by atoms with Gasteiger partial charge in [-0.1, -0.05) is 12.1 Å². The zero-order chi connectivity index (χ0) is 17.5. The number of alkyl carbamates (subject to hydrolysis) is 1. The van der Waals surface area contributed by atoms with E-state index < -0.39 is 11.7 Å². The molecule has 0 aromatic heterocycles. The molecule has 0 radical (unpaired) electrons. The van der Waals surface area contributed by atoms with Crippen LogP contribution in [-0.2, 0) is 16.0 Å². The highest BCUT2D eigenvalue weighted by Crippen LogP contribution is 2.07. The molecule has 1 N–H and O–H groups in total. The van der Waals surface area contributed by atoms with Crippen LogP contribution in [0.1, 0.15) is 33.3 Å². The number of likely N-dealkylation sites (N-methyl/N-ethyl adjacent to an activating group) is 1. The van der Waals surface area contributed by atoms with E-state index in [0.717, 1.165) is 5.56 Å². The van der Waals surface area contributed by atoms with Crippen molar-refractivity contribution in [3.63, 3.8) is 0 Å². The summed E-state index contributed by atoms with van der Waals surface area (Å²) in [5.41, 5.74) is 0.359. The minimum absolute atomic E-state index is 0.105. The SMILES string of the molecule is CCN(CCc1ccc(F)cc1)C(=O)CNC(=O)OC(C)(C)C. The lowest BCUT2D eigenvalue weighted by Crippen LogP contribution is -2.42. The fourth-order valence-corrected chi connectivity index (χ4v) is 1.95. The molecule has 128 valence electrons. The number of hydrogen-bond acceptors (Lipinski definition) is 3. The second-order valence-electron chi connectivity index (χ2n) is 6.21. The van der Waals surface area contributed by atoms with Gasteiger partial charge in [0.05, 0.1) is 0 Å². The maximum Gasteiger partial charge on any atom is 0.408 e. The summed E-state index contributed by atoms with van der Waals surface area (Å²) in [6.45, 7) is 8.09. The lowest BCUT2D eigenvalue weighted by atomic mass is 10.1. The van der Waals surface area contributed by atoms with Crippen LogP contribution in [0.2, 0.25) is 0 Å². The van der Waals surface area contributed by atoms with E-state index >= 15 is 0 Å². The first kappa shape index (κ1) is 18.9. The molecule has 1 aromatic rings. The van der Waals surface area contributed by atoms with Crippen LogP contribution in [-0.4, -0.2) is 42.1 Å². The predicted octanol–water partition coefficient (Wildman–Crippen LogP) is 2.74. The molecule has 0 unspecified atom stereocenters. The maximum absolute atomic E-state index is 12.9. The van der Waals surface area contributed by atoms with Crippen LogP contribution < -0.4 is 5.32 Å². The number of amides is 2. The molecule has 2 amide bonds. The molecule has 5 nitrogen and oxygen atoms in total. The van der Waals surface area contributed by atoms with Gasteiger partial charge in [-0.05, 0) is 51.8 Å². The average Bonchev–Trinajstić information content (AvgIpc) is 2.46. The molecule has 6 heteroatoms. The van der Waals surface area contributed by atoms with E-state index in [1.165, 1.54) is 12.1 Å². The molecule has 0 fully saturated rings. The van der Waals surface area contributed by atoms with Gasteiger partial charge in [-0.3, -0.25) is 4.79 Å². The summed E-state index contributed by atoms with van der Waals surface area (Å²) in [5.74, 6) is -0.459. The van der Waals surface area contributed by atoms with Gasteiger partial charge < -0.3 is 15.0 Å². The zero-order valence-corrected chi connectivity index (χ0v) is 14.2. The van der Waals surface area contributed by atoms with Gasteiger partial charge in [-0.15, -0.1) is 0 Å². The minimum Gasteiger partial charge on any atom is -0.444 e. The molecule has 1 rings (SSSR count). The van der Waals surface area contributed by atoms with Gasteiger partial charge in [0.2, 0.25) is 5.91 Å². The highest BCUT2D eigenvalue weighted by atomic mass is 19.1. The van der Waals surface area contributed by atoms with Crippen LogP contribution in [0.4, 0.5) is 9.18 Å². The van der Waals surface area contributed by atoms with E-state index in [9.17, 15) is 14.0 Å². The number of nitrogens with zero attached hydrogens (tertiary/aromatic N) is 1. The molecule has 0 aliphatic heterocycles. The third kappa shape index (κ3) is 7.63. The van der Waals surface area contributed by atoms with Crippen molar-refractivity contribution in [2.45, 2.75) is 39.7 Å². The van der Waals surface area contributed by atoms with E-state index in [-0.39, 0.29) is 18.3 Å². The molecule has 0 saturated carbocycles. The Morgan fingerprint density at radius 3 is 2.35 bits per heavy atom. The number of benzene rings is 1. The van der Waals surface area contributed by atoms with Crippen molar-refractivity contribution in [3.8, 4) is 0 Å². The summed E-state index contributed by atoms with van der Waals surface area (Å²) in [5, 5.41) is 2.46. The quantitative estimate of drug-likeness (QED) is 0.875. The third-order valence-corrected chi connectivity index (χ3v) is 3.10. The van der Waals surface area contributed by atoms with Crippen molar-refractivity contribution >= 4 is 12.0 Å². The van der Waals surface area contributed by atoms with Crippen molar-refractivity contribution in [2.75, 3.05) is 19.6 Å². The number of ether oxygens (including phenoxy) is 1. The molecule has 0 saturated heterocycles. The maximum atomic E-state index is 12.9. The second kappa shape index (κ2) is 8.50. The van der Waals surface area contributed by atoms with E-state index in [1.807, 2.05) is 6.92 Å². The van der Waals surface area contributed by atoms with Gasteiger partial charge in [-0.2, -0.15) is 0 Å². The first-order valence-electron chi connectivity index (χ1n) is 7.70. The highest BCUT2D eigenvalue weighted by molar-refractivity contribution is 5.82. The molecular weight excluding hydrogens is 299 g/mol. The Hall–Kier alpha value is -2.11. The van der Waals surface area contributed by atoms with Gasteiger partial charge in [-0.25, -0.2) is 9.18 Å². The summed E-state index contributed by atoms with van der Waals surface area (Å²) in [6, 6.07) is 6.20. The lowest BCUT2D eigenvalue weighted by Gasteiger charge is -2.23. The Bertz CT molecular complexity index is 524. The largest absolute Gasteiger partial charge is 0.444 e. The molecule has 0 aliphatic rings. The number of halogens is 1. The molecule has 23 heavy (non-hydrogen) atoms. The second-order valence-corrected chi connectivity index (χ2v) is 6.21. The van der Waals surface area contributed by atoms with Crippen molar-refractivity contribution in [1.29, 1.82) is 0 Å². The molecule has 0 atom stereocenters. The van der Waals surface area contributed by atoms with E-state index in [4.69, 9.17) is 4.74 Å². The average molecular weight is 324 g/mol. The van der Waals surface area contributed by atoms with Gasteiger partial charge in [0.25, 0.3) is 0 Å². The summed E-state index contributed by atoms with van der Waals surface area (Å²) in [6.07, 6.45) is 0.0205. The molecule has 1 aromatic carbocycles. The van der Waals surface area contributed by atoms with Crippen molar-refractivity contribution in [3.05, 3.63) is 35.6 Å². The Morgan fingerprint density at radius 1 is 1.22 bits per heavy atom. The number of carbonyl (C=O) groups is 2.